The highest BCUT2D eigenvalue weighted by atomic mass is 19.1. The van der Waals surface area contributed by atoms with Crippen LogP contribution in [0.4, 0.5) is 14.9 Å². The van der Waals surface area contributed by atoms with Crippen molar-refractivity contribution >= 4 is 17.6 Å². The van der Waals surface area contributed by atoms with Gasteiger partial charge in [0.15, 0.2) is 11.5 Å². The zero-order chi connectivity index (χ0) is 28.2. The Morgan fingerprint density at radius 3 is 2.12 bits per heavy atom. The van der Waals surface area contributed by atoms with Crippen LogP contribution >= 0.6 is 0 Å². The van der Waals surface area contributed by atoms with E-state index in [4.69, 9.17) is 9.47 Å². The van der Waals surface area contributed by atoms with Gasteiger partial charge < -0.3 is 29.2 Å². The number of rotatable bonds is 6. The molecule has 2 heterocycles. The Bertz CT molecular complexity index is 1530. The summed E-state index contributed by atoms with van der Waals surface area (Å²) in [7, 11) is 3.18. The molecule has 1 N–H and O–H groups in total. The predicted octanol–water partition coefficient (Wildman–Crippen LogP) is 5.60. The van der Waals surface area contributed by atoms with Crippen LogP contribution in [0.2, 0.25) is 0 Å². The fraction of sp³-hybridized carbons (Fsp3) is 0.226. The molecule has 206 valence electrons. The predicted molar refractivity (Wildman–Crippen MR) is 152 cm³/mol. The third kappa shape index (κ3) is 5.22. The average molecular weight is 543 g/mol. The molecule has 1 saturated heterocycles. The molecule has 1 aliphatic heterocycles. The van der Waals surface area contributed by atoms with Crippen LogP contribution in [0.5, 0.6) is 11.5 Å². The molecule has 3 aromatic carbocycles. The normalized spacial score (nSPS) is 13.2. The zero-order valence-corrected chi connectivity index (χ0v) is 22.7. The smallest absolute Gasteiger partial charge is 0.322 e. The first-order valence-corrected chi connectivity index (χ1v) is 13.0. The standard InChI is InChI=1S/C31H31FN4O4/c1-21-24(30(37)34-15-17-35(18-16-34)31(38)33-26-12-8-7-11-25(26)32)20-27(22-9-5-4-6-10-22)36(21)23-13-14-28(39-2)29(19-23)40-3/h4-14,19-20H,15-18H2,1-3H3,(H,33,38). The van der Waals surface area contributed by atoms with Gasteiger partial charge in [0.05, 0.1) is 31.2 Å². The Kier molecular flexibility index (Phi) is 7.72. The number of methoxy groups -OCH3 is 2. The SMILES string of the molecule is COc1ccc(-n2c(-c3ccccc3)cc(C(=O)N3CCN(C(=O)Nc4ccccc4F)CC3)c2C)cc1OC. The van der Waals surface area contributed by atoms with Crippen molar-refractivity contribution in [3.8, 4) is 28.4 Å². The van der Waals surface area contributed by atoms with Crippen LogP contribution in [0.25, 0.3) is 16.9 Å². The molecule has 0 radical (unpaired) electrons. The van der Waals surface area contributed by atoms with Gasteiger partial charge in [-0.05, 0) is 42.8 Å². The van der Waals surface area contributed by atoms with E-state index >= 15 is 0 Å². The van der Waals surface area contributed by atoms with Gasteiger partial charge >= 0.3 is 6.03 Å². The number of anilines is 1. The highest BCUT2D eigenvalue weighted by molar-refractivity contribution is 5.98. The number of aromatic nitrogens is 1. The van der Waals surface area contributed by atoms with Crippen LogP contribution in [0.15, 0.2) is 78.9 Å². The molecule has 9 heteroatoms. The van der Waals surface area contributed by atoms with Crippen molar-refractivity contribution in [2.45, 2.75) is 6.92 Å². The van der Waals surface area contributed by atoms with E-state index < -0.39 is 5.82 Å². The zero-order valence-electron chi connectivity index (χ0n) is 22.7. The summed E-state index contributed by atoms with van der Waals surface area (Å²) in [6.07, 6.45) is 0. The topological polar surface area (TPSA) is 76.0 Å². The van der Waals surface area contributed by atoms with Gasteiger partial charge in [-0.1, -0.05) is 42.5 Å². The van der Waals surface area contributed by atoms with Crippen molar-refractivity contribution in [3.05, 3.63) is 95.9 Å². The van der Waals surface area contributed by atoms with E-state index in [1.54, 1.807) is 36.2 Å². The quantitative estimate of drug-likeness (QED) is 0.344. The number of hydrogen-bond acceptors (Lipinski definition) is 4. The van der Waals surface area contributed by atoms with Crippen LogP contribution < -0.4 is 14.8 Å². The molecule has 0 unspecified atom stereocenters. The number of ether oxygens (including phenoxy) is 2. The highest BCUT2D eigenvalue weighted by Gasteiger charge is 2.28. The summed E-state index contributed by atoms with van der Waals surface area (Å²) in [4.78, 5) is 29.8. The van der Waals surface area contributed by atoms with E-state index in [0.717, 1.165) is 22.6 Å². The summed E-state index contributed by atoms with van der Waals surface area (Å²) in [5, 5.41) is 2.62. The number of carbonyl (C=O) groups is 2. The number of benzene rings is 3. The minimum atomic E-state index is -0.492. The number of urea groups is 1. The summed E-state index contributed by atoms with van der Waals surface area (Å²) < 4.78 is 27.0. The van der Waals surface area contributed by atoms with E-state index in [0.29, 0.717) is 43.2 Å². The largest absolute Gasteiger partial charge is 0.493 e. The number of nitrogens with zero attached hydrogens (tertiary/aromatic N) is 3. The van der Waals surface area contributed by atoms with Gasteiger partial charge in [0, 0.05) is 43.6 Å². The minimum Gasteiger partial charge on any atom is -0.493 e. The molecule has 40 heavy (non-hydrogen) atoms. The third-order valence-corrected chi connectivity index (χ3v) is 7.14. The van der Waals surface area contributed by atoms with Crippen molar-refractivity contribution in [2.75, 3.05) is 45.7 Å². The first kappa shape index (κ1) is 26.8. The monoisotopic (exact) mass is 542 g/mol. The summed E-state index contributed by atoms with van der Waals surface area (Å²) in [5.74, 6) is 0.603. The van der Waals surface area contributed by atoms with Gasteiger partial charge in [0.25, 0.3) is 5.91 Å². The highest BCUT2D eigenvalue weighted by Crippen LogP contribution is 2.35. The maximum atomic E-state index is 14.0. The Hall–Kier alpha value is -4.79. The second kappa shape index (κ2) is 11.5. The molecule has 8 nitrogen and oxygen atoms in total. The number of piperazine rings is 1. The number of carbonyl (C=O) groups excluding carboxylic acids is 2. The van der Waals surface area contributed by atoms with Crippen molar-refractivity contribution in [3.63, 3.8) is 0 Å². The maximum Gasteiger partial charge on any atom is 0.322 e. The fourth-order valence-electron chi connectivity index (χ4n) is 4.98. The lowest BCUT2D eigenvalue weighted by Crippen LogP contribution is -2.51. The van der Waals surface area contributed by atoms with E-state index in [2.05, 4.69) is 5.32 Å². The summed E-state index contributed by atoms with van der Waals surface area (Å²) in [6.45, 7) is 3.34. The molecule has 1 aromatic heterocycles. The molecule has 0 atom stereocenters. The number of nitrogens with one attached hydrogen (secondary N) is 1. The number of amides is 3. The van der Waals surface area contributed by atoms with Gasteiger partial charge in [-0.25, -0.2) is 9.18 Å². The Balaban J connectivity index is 1.40. The molecule has 0 spiro atoms. The van der Waals surface area contributed by atoms with Gasteiger partial charge in [0.1, 0.15) is 5.82 Å². The van der Waals surface area contributed by atoms with Gasteiger partial charge in [-0.2, -0.15) is 0 Å². The van der Waals surface area contributed by atoms with E-state index in [1.165, 1.54) is 12.1 Å². The van der Waals surface area contributed by atoms with E-state index in [9.17, 15) is 14.0 Å². The molecular weight excluding hydrogens is 511 g/mol. The summed E-state index contributed by atoms with van der Waals surface area (Å²) >= 11 is 0. The lowest BCUT2D eigenvalue weighted by molar-refractivity contribution is 0.0671. The van der Waals surface area contributed by atoms with Crippen LogP contribution in [-0.4, -0.2) is 66.7 Å². The molecule has 1 aliphatic rings. The van der Waals surface area contributed by atoms with E-state index in [1.807, 2.05) is 66.1 Å². The number of hydrogen-bond donors (Lipinski definition) is 1. The Morgan fingerprint density at radius 1 is 0.800 bits per heavy atom. The van der Waals surface area contributed by atoms with Crippen LogP contribution in [0.1, 0.15) is 16.1 Å². The molecule has 0 bridgehead atoms. The Labute approximate surface area is 232 Å². The first-order chi connectivity index (χ1) is 19.4. The maximum absolute atomic E-state index is 14.0. The van der Waals surface area contributed by atoms with Crippen LogP contribution in [0, 0.1) is 12.7 Å². The molecular formula is C31H31FN4O4. The summed E-state index contributed by atoms with van der Waals surface area (Å²) in [6, 6.07) is 23.1. The lowest BCUT2D eigenvalue weighted by Gasteiger charge is -2.34. The summed E-state index contributed by atoms with van der Waals surface area (Å²) in [5.41, 5.74) is 4.17. The second-order valence-electron chi connectivity index (χ2n) is 9.46. The van der Waals surface area contributed by atoms with Gasteiger partial charge in [-0.3, -0.25) is 4.79 Å². The molecule has 4 aromatic rings. The van der Waals surface area contributed by atoms with Crippen molar-refractivity contribution < 1.29 is 23.5 Å². The Morgan fingerprint density at radius 2 is 1.45 bits per heavy atom. The lowest BCUT2D eigenvalue weighted by atomic mass is 10.1. The molecule has 0 saturated carbocycles. The van der Waals surface area contributed by atoms with E-state index in [-0.39, 0.29) is 17.6 Å². The fourth-order valence-corrected chi connectivity index (χ4v) is 4.98. The first-order valence-electron chi connectivity index (χ1n) is 13.0. The van der Waals surface area contributed by atoms with Crippen molar-refractivity contribution in [1.29, 1.82) is 0 Å². The second-order valence-corrected chi connectivity index (χ2v) is 9.46. The molecule has 5 rings (SSSR count). The van der Waals surface area contributed by atoms with Crippen LogP contribution in [-0.2, 0) is 0 Å². The molecule has 1 fully saturated rings. The van der Waals surface area contributed by atoms with Crippen molar-refractivity contribution in [1.82, 2.24) is 14.4 Å². The molecule has 3 amide bonds. The van der Waals surface area contributed by atoms with Crippen LogP contribution in [0.3, 0.4) is 0 Å². The third-order valence-electron chi connectivity index (χ3n) is 7.14. The number of halogens is 1. The minimum absolute atomic E-state index is 0.108. The van der Waals surface area contributed by atoms with Gasteiger partial charge in [0.2, 0.25) is 0 Å². The van der Waals surface area contributed by atoms with Gasteiger partial charge in [-0.15, -0.1) is 0 Å². The molecule has 0 aliphatic carbocycles. The number of para-hydroxylation sites is 1. The van der Waals surface area contributed by atoms with Crippen molar-refractivity contribution in [2.24, 2.45) is 0 Å². The average Bonchev–Trinajstić information content (AvgIpc) is 3.34.